The van der Waals surface area contributed by atoms with Crippen LogP contribution in [0.25, 0.3) is 28.2 Å². The van der Waals surface area contributed by atoms with Gasteiger partial charge >= 0.3 is 6.18 Å². The van der Waals surface area contributed by atoms with Crippen molar-refractivity contribution in [2.45, 2.75) is 11.1 Å². The maximum Gasteiger partial charge on any atom is 0.416 e. The minimum atomic E-state index is -4.62. The van der Waals surface area contributed by atoms with Crippen molar-refractivity contribution in [3.8, 4) is 11.3 Å². The Morgan fingerprint density at radius 2 is 1.48 bits per heavy atom. The summed E-state index contributed by atoms with van der Waals surface area (Å²) in [4.78, 5) is 29.9. The van der Waals surface area contributed by atoms with Gasteiger partial charge in [-0.3, -0.25) is 25.2 Å². The first kappa shape index (κ1) is 30.0. The third kappa shape index (κ3) is 7.10. The lowest BCUT2D eigenvalue weighted by Crippen LogP contribution is -2.40. The highest BCUT2D eigenvalue weighted by atomic mass is 32.2. The number of sulfonamides is 1. The zero-order valence-corrected chi connectivity index (χ0v) is 23.5. The van der Waals surface area contributed by atoms with Gasteiger partial charge < -0.3 is 0 Å². The fourth-order valence-corrected chi connectivity index (χ4v) is 5.30. The van der Waals surface area contributed by atoms with Gasteiger partial charge in [-0.2, -0.15) is 13.2 Å². The van der Waals surface area contributed by atoms with Crippen molar-refractivity contribution in [1.82, 2.24) is 15.8 Å². The molecule has 3 N–H and O–H groups in total. The molecule has 5 rings (SSSR count). The minimum absolute atomic E-state index is 0.191. The molecule has 0 spiro atoms. The number of hydrazine groups is 1. The van der Waals surface area contributed by atoms with Gasteiger partial charge in [0.25, 0.3) is 21.8 Å². The van der Waals surface area contributed by atoms with Crippen LogP contribution in [0.3, 0.4) is 0 Å². The molecule has 4 aromatic carbocycles. The summed E-state index contributed by atoms with van der Waals surface area (Å²) in [7, 11) is -4.18. The molecule has 8 nitrogen and oxygen atoms in total. The predicted octanol–water partition coefficient (Wildman–Crippen LogP) is 6.20. The highest BCUT2D eigenvalue weighted by molar-refractivity contribution is 7.92. The lowest BCUT2D eigenvalue weighted by molar-refractivity contribution is -0.137. The Hall–Kier alpha value is -5.49. The molecule has 44 heavy (non-hydrogen) atoms. The van der Waals surface area contributed by atoms with Gasteiger partial charge in [0.15, 0.2) is 0 Å². The second-order valence-electron chi connectivity index (χ2n) is 9.47. The summed E-state index contributed by atoms with van der Waals surface area (Å²) in [6, 6.07) is 27.3. The van der Waals surface area contributed by atoms with E-state index >= 15 is 0 Å². The molecule has 0 unspecified atom stereocenters. The first-order valence-electron chi connectivity index (χ1n) is 13.0. The quantitative estimate of drug-likeness (QED) is 0.149. The molecular formula is C32H23F3N4O4S. The maximum atomic E-state index is 13.1. The van der Waals surface area contributed by atoms with E-state index in [1.54, 1.807) is 24.3 Å². The van der Waals surface area contributed by atoms with Crippen LogP contribution in [0.5, 0.6) is 0 Å². The van der Waals surface area contributed by atoms with Gasteiger partial charge in [0.05, 0.1) is 27.2 Å². The topological polar surface area (TPSA) is 117 Å². The average Bonchev–Trinajstić information content (AvgIpc) is 3.02. The van der Waals surface area contributed by atoms with E-state index in [2.05, 4.69) is 20.6 Å². The van der Waals surface area contributed by atoms with Gasteiger partial charge in [0.2, 0.25) is 0 Å². The van der Waals surface area contributed by atoms with E-state index in [0.29, 0.717) is 33.8 Å². The third-order valence-corrected chi connectivity index (χ3v) is 7.79. The number of nitrogens with one attached hydrogen (secondary N) is 3. The largest absolute Gasteiger partial charge is 0.416 e. The number of anilines is 1. The number of carbonyl (C=O) groups excluding carboxylic acids is 2. The number of benzene rings is 4. The van der Waals surface area contributed by atoms with Crippen molar-refractivity contribution in [2.24, 2.45) is 0 Å². The molecule has 1 aromatic heterocycles. The average molecular weight is 617 g/mol. The molecule has 0 aliphatic heterocycles. The number of alkyl halides is 3. The molecule has 0 saturated carbocycles. The van der Waals surface area contributed by atoms with Crippen LogP contribution in [-0.4, -0.2) is 25.2 Å². The van der Waals surface area contributed by atoms with Crippen LogP contribution in [0.1, 0.15) is 21.5 Å². The first-order valence-corrected chi connectivity index (χ1v) is 14.5. The number of para-hydroxylation sites is 1. The molecule has 0 fully saturated rings. The smallest absolute Gasteiger partial charge is 0.280 e. The molecule has 0 aliphatic carbocycles. The molecule has 12 heteroatoms. The Morgan fingerprint density at radius 1 is 0.773 bits per heavy atom. The molecule has 222 valence electrons. The summed E-state index contributed by atoms with van der Waals surface area (Å²) >= 11 is 0. The van der Waals surface area contributed by atoms with Crippen molar-refractivity contribution in [2.75, 3.05) is 4.72 Å². The number of nitrogens with zero attached hydrogens (tertiary/aromatic N) is 1. The maximum absolute atomic E-state index is 13.1. The number of fused-ring (bicyclic) bond motifs is 1. The van der Waals surface area contributed by atoms with Crippen LogP contribution < -0.4 is 15.6 Å². The lowest BCUT2D eigenvalue weighted by atomic mass is 10.0. The van der Waals surface area contributed by atoms with E-state index in [4.69, 9.17) is 0 Å². The van der Waals surface area contributed by atoms with Gasteiger partial charge in [-0.25, -0.2) is 13.4 Å². The number of halogens is 3. The summed E-state index contributed by atoms with van der Waals surface area (Å²) < 4.78 is 66.3. The Labute approximate surface area is 250 Å². The third-order valence-electron chi connectivity index (χ3n) is 6.39. The van der Waals surface area contributed by atoms with Crippen LogP contribution in [-0.2, 0) is 21.0 Å². The van der Waals surface area contributed by atoms with Crippen LogP contribution >= 0.6 is 0 Å². The number of hydrogen-bond donors (Lipinski definition) is 3. The fraction of sp³-hybridized carbons (Fsp3) is 0.0312. The monoisotopic (exact) mass is 616 g/mol. The number of aromatic nitrogens is 1. The number of amides is 2. The van der Waals surface area contributed by atoms with Gasteiger partial charge in [-0.1, -0.05) is 66.7 Å². The molecule has 0 atom stereocenters. The van der Waals surface area contributed by atoms with Crippen LogP contribution in [0.2, 0.25) is 0 Å². The van der Waals surface area contributed by atoms with Gasteiger partial charge in [0.1, 0.15) is 0 Å². The standard InChI is InChI=1S/C32H23F3N4O4S/c33-32(34,35)23-9-6-10-24(19-23)39-44(42,43)25-16-13-21(14-17-25)15-18-30(40)37-38-31(41)27-20-29(22-7-2-1-3-8-22)36-28-12-5-4-11-26(27)28/h1-20,39H,(H,37,40)(H,38,41)/b18-15+. The molecule has 5 aromatic rings. The number of hydrogen-bond acceptors (Lipinski definition) is 5. The molecule has 2 amide bonds. The van der Waals surface area contributed by atoms with Crippen molar-refractivity contribution in [1.29, 1.82) is 0 Å². The fourth-order valence-electron chi connectivity index (χ4n) is 4.25. The molecular weight excluding hydrogens is 593 g/mol. The van der Waals surface area contributed by atoms with Crippen LogP contribution in [0.4, 0.5) is 18.9 Å². The van der Waals surface area contributed by atoms with Crippen molar-refractivity contribution >= 4 is 44.5 Å². The SMILES string of the molecule is O=C(/C=C/c1ccc(S(=O)(=O)Nc2cccc(C(F)(F)F)c2)cc1)NNC(=O)c1cc(-c2ccccc2)nc2ccccc12. The minimum Gasteiger partial charge on any atom is -0.280 e. The summed E-state index contributed by atoms with van der Waals surface area (Å²) in [5, 5.41) is 0.604. The second-order valence-corrected chi connectivity index (χ2v) is 11.2. The Kier molecular flexibility index (Phi) is 8.45. The second kappa shape index (κ2) is 12.4. The summed E-state index contributed by atoms with van der Waals surface area (Å²) in [6.07, 6.45) is -2.08. The van der Waals surface area contributed by atoms with E-state index < -0.39 is 33.6 Å². The lowest BCUT2D eigenvalue weighted by Gasteiger charge is -2.11. The Balaban J connectivity index is 1.23. The Bertz CT molecular complexity index is 1980. The van der Waals surface area contributed by atoms with Crippen molar-refractivity contribution in [3.63, 3.8) is 0 Å². The first-order chi connectivity index (χ1) is 21.0. The Morgan fingerprint density at radius 3 is 2.20 bits per heavy atom. The number of pyridine rings is 1. The van der Waals surface area contributed by atoms with Crippen molar-refractivity contribution < 1.29 is 31.2 Å². The summed E-state index contributed by atoms with van der Waals surface area (Å²) in [5.41, 5.74) is 6.29. The van der Waals surface area contributed by atoms with E-state index in [-0.39, 0.29) is 10.6 Å². The van der Waals surface area contributed by atoms with E-state index in [0.717, 1.165) is 23.8 Å². The predicted molar refractivity (Wildman–Crippen MR) is 161 cm³/mol. The number of carbonyl (C=O) groups is 2. The van der Waals surface area contributed by atoms with Gasteiger partial charge in [-0.05, 0) is 54.1 Å². The van der Waals surface area contributed by atoms with Crippen LogP contribution in [0, 0.1) is 0 Å². The van der Waals surface area contributed by atoms with E-state index in [9.17, 15) is 31.2 Å². The summed E-state index contributed by atoms with van der Waals surface area (Å²) in [5.74, 6) is -1.20. The van der Waals surface area contributed by atoms with Gasteiger partial charge in [0, 0.05) is 22.7 Å². The number of rotatable bonds is 7. The highest BCUT2D eigenvalue weighted by Crippen LogP contribution is 2.31. The van der Waals surface area contributed by atoms with Gasteiger partial charge in [-0.15, -0.1) is 0 Å². The zero-order chi connectivity index (χ0) is 31.3. The molecule has 0 radical (unpaired) electrons. The van der Waals surface area contributed by atoms with E-state index in [1.165, 1.54) is 36.4 Å². The van der Waals surface area contributed by atoms with E-state index in [1.807, 2.05) is 36.4 Å². The molecule has 0 bridgehead atoms. The molecule has 1 heterocycles. The normalized spacial score (nSPS) is 11.8. The summed E-state index contributed by atoms with van der Waals surface area (Å²) in [6.45, 7) is 0. The molecule has 0 aliphatic rings. The zero-order valence-electron chi connectivity index (χ0n) is 22.7. The van der Waals surface area contributed by atoms with Crippen LogP contribution in [0.15, 0.2) is 120 Å². The highest BCUT2D eigenvalue weighted by Gasteiger charge is 2.30. The molecule has 0 saturated heterocycles. The van der Waals surface area contributed by atoms with Crippen molar-refractivity contribution in [3.05, 3.63) is 132 Å².